The number of nitroso groups, excluding NO2 is 1. The van der Waals surface area contributed by atoms with E-state index in [4.69, 9.17) is 66.3 Å². The number of aldehydes is 1. The van der Waals surface area contributed by atoms with Gasteiger partial charge in [0.25, 0.3) is 5.91 Å². The monoisotopic (exact) mass is 1240 g/mol. The molecule has 0 spiro atoms. The molecule has 89 heavy (non-hydrogen) atoms. The van der Waals surface area contributed by atoms with Crippen LogP contribution in [0.1, 0.15) is 51.7 Å². The largest absolute Gasteiger partial charge is 0.379 e. The standard InChI is InChI=1S/C69H96N3O17/c1-68(2)63(71(26-31-78-35-33-76-29-14-28-73)61-23-21-57-15-10-12-17-59(57)66(61)68)19-8-6-5-7-9-20-64-69(3,4)67-60-18-13-11-16-58(60)22-24-62(67)72(64)27-32-79-36-38-81-40-42-83-44-46-85-48-50-87-52-54-89-56-55-88-53-51-86-49-47-84-45-43-82-41-39-80-37-34-77-30-25-65(74)70-75/h5-13,15-24,28H,14,25-27,29-56H2,1-4H3/q+1. The number of amides is 1. The molecule has 0 saturated heterocycles. The third-order valence-corrected chi connectivity index (χ3v) is 14.8. The van der Waals surface area contributed by atoms with E-state index in [1.165, 1.54) is 55.5 Å². The van der Waals surface area contributed by atoms with Gasteiger partial charge in [-0.05, 0) is 59.2 Å². The number of allylic oxidation sites excluding steroid dienone is 8. The Labute approximate surface area is 525 Å². The summed E-state index contributed by atoms with van der Waals surface area (Å²) in [6.07, 6.45) is 16.3. The van der Waals surface area contributed by atoms with Gasteiger partial charge in [0.1, 0.15) is 12.9 Å². The van der Waals surface area contributed by atoms with Crippen LogP contribution in [0.25, 0.3) is 21.5 Å². The highest BCUT2D eigenvalue weighted by molar-refractivity contribution is 6.07. The molecular formula is C69H96N3O17+. The molecule has 0 atom stereocenters. The van der Waals surface area contributed by atoms with Gasteiger partial charge in [-0.1, -0.05) is 98.8 Å². The van der Waals surface area contributed by atoms with E-state index in [0.717, 1.165) is 6.29 Å². The number of rotatable bonds is 52. The van der Waals surface area contributed by atoms with E-state index in [1.807, 2.05) is 0 Å². The molecule has 4 aromatic carbocycles. The summed E-state index contributed by atoms with van der Waals surface area (Å²) in [7, 11) is 0. The van der Waals surface area contributed by atoms with Crippen molar-refractivity contribution in [2.45, 2.75) is 51.4 Å². The van der Waals surface area contributed by atoms with Crippen LogP contribution >= 0.6 is 0 Å². The van der Waals surface area contributed by atoms with E-state index in [9.17, 15) is 14.5 Å². The number of carbonyl (C=O) groups is 2. The lowest BCUT2D eigenvalue weighted by Gasteiger charge is -2.27. The number of carbonyl (C=O) groups excluding carboxylic acids is 2. The van der Waals surface area contributed by atoms with Crippen molar-refractivity contribution in [3.8, 4) is 0 Å². The first kappa shape index (κ1) is 72.3. The Hall–Kier alpha value is -5.79. The van der Waals surface area contributed by atoms with Crippen molar-refractivity contribution >= 4 is 50.8 Å². The zero-order chi connectivity index (χ0) is 62.9. The van der Waals surface area contributed by atoms with Crippen molar-refractivity contribution < 1.29 is 80.5 Å². The van der Waals surface area contributed by atoms with Gasteiger partial charge in [0, 0.05) is 52.6 Å². The highest BCUT2D eigenvalue weighted by atomic mass is 16.6. The minimum Gasteiger partial charge on any atom is -0.379 e. The average Bonchev–Trinajstić information content (AvgIpc) is 1.65. The van der Waals surface area contributed by atoms with Crippen molar-refractivity contribution in [2.24, 2.45) is 5.18 Å². The maximum atomic E-state index is 10.7. The molecule has 2 aliphatic rings. The van der Waals surface area contributed by atoms with Crippen LogP contribution in [-0.2, 0) is 86.7 Å². The number of benzene rings is 4. The zero-order valence-corrected chi connectivity index (χ0v) is 53.0. The molecule has 0 fully saturated rings. The molecule has 0 bridgehead atoms. The predicted molar refractivity (Wildman–Crippen MR) is 344 cm³/mol. The fourth-order valence-corrected chi connectivity index (χ4v) is 10.5. The number of hydrogen-bond acceptors (Lipinski definition) is 18. The van der Waals surface area contributed by atoms with E-state index in [2.05, 4.69) is 158 Å². The molecule has 20 heteroatoms. The van der Waals surface area contributed by atoms with Gasteiger partial charge >= 0.3 is 0 Å². The summed E-state index contributed by atoms with van der Waals surface area (Å²) in [6.45, 7) is 23.2. The van der Waals surface area contributed by atoms with Crippen LogP contribution in [0.4, 0.5) is 11.4 Å². The highest BCUT2D eigenvalue weighted by Crippen LogP contribution is 2.51. The van der Waals surface area contributed by atoms with Crippen LogP contribution in [0.15, 0.2) is 126 Å². The Kier molecular flexibility index (Phi) is 35.0. The highest BCUT2D eigenvalue weighted by Gasteiger charge is 2.45. The summed E-state index contributed by atoms with van der Waals surface area (Å²) in [5, 5.41) is 7.29. The summed E-state index contributed by atoms with van der Waals surface area (Å²) in [5.74, 6) is -0.721. The van der Waals surface area contributed by atoms with Gasteiger partial charge in [-0.15, -0.1) is 4.91 Å². The van der Waals surface area contributed by atoms with Crippen LogP contribution in [0.2, 0.25) is 0 Å². The Morgan fingerprint density at radius 2 is 0.854 bits per heavy atom. The van der Waals surface area contributed by atoms with Crippen molar-refractivity contribution in [3.05, 3.63) is 137 Å². The van der Waals surface area contributed by atoms with Gasteiger partial charge in [-0.3, -0.25) is 4.79 Å². The Bertz CT molecular complexity index is 2850. The van der Waals surface area contributed by atoms with E-state index < -0.39 is 5.91 Å². The van der Waals surface area contributed by atoms with E-state index in [1.54, 1.807) is 0 Å². The summed E-state index contributed by atoms with van der Waals surface area (Å²) >= 11 is 0. The quantitative estimate of drug-likeness (QED) is 0.0133. The fraction of sp³-hybridized carbons (Fsp3) is 0.551. The molecule has 4 aromatic rings. The van der Waals surface area contributed by atoms with Gasteiger partial charge in [0.05, 0.1) is 190 Å². The lowest BCUT2D eigenvalue weighted by atomic mass is 9.79. The third-order valence-electron chi connectivity index (χ3n) is 14.8. The molecule has 2 aliphatic heterocycles. The molecule has 0 aliphatic carbocycles. The Morgan fingerprint density at radius 1 is 0.449 bits per heavy atom. The molecule has 6 rings (SSSR count). The predicted octanol–water partition coefficient (Wildman–Crippen LogP) is 9.22. The smallest absolute Gasteiger partial charge is 0.288 e. The van der Waals surface area contributed by atoms with Crippen LogP contribution in [0.3, 0.4) is 0 Å². The minimum atomic E-state index is -0.721. The first-order chi connectivity index (χ1) is 43.7. The molecule has 0 N–H and O–H groups in total. The van der Waals surface area contributed by atoms with E-state index in [-0.39, 0.29) is 23.9 Å². The molecule has 1 amide bonds. The number of fused-ring (bicyclic) bond motifs is 6. The second-order valence-electron chi connectivity index (χ2n) is 21.7. The van der Waals surface area contributed by atoms with Crippen LogP contribution in [0.5, 0.6) is 0 Å². The molecule has 0 aromatic heterocycles. The molecule has 0 saturated carbocycles. The Balaban J connectivity index is 0.791. The normalized spacial score (nSPS) is 14.9. The summed E-state index contributed by atoms with van der Waals surface area (Å²) in [6, 6.07) is 26.2. The number of anilines is 1. The van der Waals surface area contributed by atoms with Crippen molar-refractivity contribution in [3.63, 3.8) is 0 Å². The first-order valence-corrected chi connectivity index (χ1v) is 31.3. The van der Waals surface area contributed by atoms with E-state index in [0.29, 0.717) is 198 Å². The van der Waals surface area contributed by atoms with E-state index >= 15 is 0 Å². The number of nitrogens with zero attached hydrogens (tertiary/aromatic N) is 3. The summed E-state index contributed by atoms with van der Waals surface area (Å²) < 4.78 is 80.8. The van der Waals surface area contributed by atoms with Gasteiger partial charge in [-0.2, -0.15) is 4.58 Å². The lowest BCUT2D eigenvalue weighted by Crippen LogP contribution is -2.29. The van der Waals surface area contributed by atoms with Gasteiger partial charge in [-0.25, -0.2) is 0 Å². The van der Waals surface area contributed by atoms with Gasteiger partial charge in [0.2, 0.25) is 5.69 Å². The van der Waals surface area contributed by atoms with Gasteiger partial charge in [0.15, 0.2) is 12.3 Å². The number of ether oxygens (including phenoxy) is 14. The lowest BCUT2D eigenvalue weighted by molar-refractivity contribution is -0.442. The topological polar surface area (TPSA) is 199 Å². The minimum absolute atomic E-state index is 0.0207. The molecule has 488 valence electrons. The first-order valence-electron chi connectivity index (χ1n) is 31.3. The zero-order valence-electron chi connectivity index (χ0n) is 53.0. The second kappa shape index (κ2) is 43.1. The fourth-order valence-electron chi connectivity index (χ4n) is 10.5. The maximum absolute atomic E-state index is 10.7. The second-order valence-corrected chi connectivity index (χ2v) is 21.7. The van der Waals surface area contributed by atoms with Crippen molar-refractivity contribution in [1.29, 1.82) is 0 Å². The van der Waals surface area contributed by atoms with Crippen molar-refractivity contribution in [2.75, 3.05) is 203 Å². The Morgan fingerprint density at radius 3 is 1.34 bits per heavy atom. The van der Waals surface area contributed by atoms with Crippen LogP contribution < -0.4 is 4.90 Å². The molecular weight excluding hydrogens is 1140 g/mol. The van der Waals surface area contributed by atoms with Crippen LogP contribution in [0, 0.1) is 4.91 Å². The number of hydrogen-bond donors (Lipinski definition) is 0. The molecule has 20 nitrogen and oxygen atoms in total. The maximum Gasteiger partial charge on any atom is 0.288 e. The van der Waals surface area contributed by atoms with Gasteiger partial charge < -0.3 is 76.0 Å². The molecule has 0 unspecified atom stereocenters. The molecule has 0 radical (unpaired) electrons. The summed E-state index contributed by atoms with van der Waals surface area (Å²) in [5.41, 5.74) is 6.99. The van der Waals surface area contributed by atoms with Crippen molar-refractivity contribution in [1.82, 2.24) is 0 Å². The third kappa shape index (κ3) is 25.1. The average molecular weight is 1240 g/mol. The molecule has 2 heterocycles. The summed E-state index contributed by atoms with van der Waals surface area (Å²) in [4.78, 5) is 33.8. The van der Waals surface area contributed by atoms with Crippen LogP contribution in [-0.4, -0.2) is 221 Å². The SMILES string of the molecule is CC1(C)C(=CC=CC=CC=CC2=[N+](CCOCCOCCOCCOCCOCCOCCOCCOCCOCCOCCOCCOCCC(=O)N=O)c3ccc4ccccc4c3C2(C)C)N(CCOCCOCCC=O)c2ccc3ccccc3c21.